The van der Waals surface area contributed by atoms with Gasteiger partial charge in [-0.25, -0.2) is 13.4 Å². The van der Waals surface area contributed by atoms with E-state index in [4.69, 9.17) is 4.74 Å². The first-order valence-corrected chi connectivity index (χ1v) is 10.4. The van der Waals surface area contributed by atoms with E-state index in [1.807, 2.05) is 5.38 Å². The Bertz CT molecular complexity index is 793. The van der Waals surface area contributed by atoms with E-state index in [9.17, 15) is 13.2 Å². The number of carbonyl (C=O) groups is 1. The van der Waals surface area contributed by atoms with Gasteiger partial charge < -0.3 is 9.64 Å². The molecule has 1 aromatic carbocycles. The molecule has 0 atom stereocenters. The number of hydrogen-bond acceptors (Lipinski definition) is 6. The number of carbonyl (C=O) groups excluding carboxylic acids is 1. The van der Waals surface area contributed by atoms with Crippen LogP contribution in [0.1, 0.15) is 23.2 Å². The number of nitrogens with zero attached hydrogens (tertiary/aromatic N) is 2. The minimum Gasteiger partial charge on any atom is -0.431 e. The van der Waals surface area contributed by atoms with E-state index in [0.717, 1.165) is 0 Å². The van der Waals surface area contributed by atoms with Crippen LogP contribution in [-0.4, -0.2) is 48.8 Å². The lowest BCUT2D eigenvalue weighted by atomic mass is 10.1. The van der Waals surface area contributed by atoms with Crippen molar-refractivity contribution in [2.75, 3.05) is 19.3 Å². The van der Waals surface area contributed by atoms with E-state index < -0.39 is 9.84 Å². The molecule has 1 aliphatic heterocycles. The minimum absolute atomic E-state index is 0.0808. The summed E-state index contributed by atoms with van der Waals surface area (Å²) < 4.78 is 28.7. The Balaban J connectivity index is 1.61. The van der Waals surface area contributed by atoms with Crippen molar-refractivity contribution in [1.82, 2.24) is 9.88 Å². The SMILES string of the molecule is CS(=O)(=O)C1CCN(C(=O)c2ccc(Oc3nccs3)cc2)CC1. The fraction of sp³-hybridized carbons (Fsp3) is 0.375. The Morgan fingerprint density at radius 3 is 2.46 bits per heavy atom. The average Bonchev–Trinajstić information content (AvgIpc) is 3.07. The summed E-state index contributed by atoms with van der Waals surface area (Å²) in [5, 5.41) is 2.04. The standard InChI is InChI=1S/C16H18N2O4S2/c1-24(20,21)14-6-9-18(10-7-14)15(19)12-2-4-13(5-3-12)22-16-17-8-11-23-16/h2-5,8,11,14H,6-7,9-10H2,1H3. The summed E-state index contributed by atoms with van der Waals surface area (Å²) in [6.07, 6.45) is 3.92. The van der Waals surface area contributed by atoms with Gasteiger partial charge in [0.2, 0.25) is 0 Å². The zero-order valence-electron chi connectivity index (χ0n) is 13.2. The summed E-state index contributed by atoms with van der Waals surface area (Å²) in [6, 6.07) is 6.90. The average molecular weight is 366 g/mol. The molecule has 1 saturated heterocycles. The van der Waals surface area contributed by atoms with Crippen LogP contribution in [0.5, 0.6) is 10.9 Å². The van der Waals surface area contributed by atoms with E-state index in [0.29, 0.717) is 42.4 Å². The van der Waals surface area contributed by atoms with Crippen molar-refractivity contribution >= 4 is 27.1 Å². The Labute approximate surface area is 145 Å². The van der Waals surface area contributed by atoms with Gasteiger partial charge in [0.15, 0.2) is 0 Å². The zero-order valence-corrected chi connectivity index (χ0v) is 14.8. The van der Waals surface area contributed by atoms with Crippen molar-refractivity contribution in [3.8, 4) is 10.9 Å². The van der Waals surface area contributed by atoms with Crippen LogP contribution in [0.25, 0.3) is 0 Å². The molecule has 1 fully saturated rings. The molecule has 0 bridgehead atoms. The Morgan fingerprint density at radius 1 is 1.25 bits per heavy atom. The second-order valence-corrected chi connectivity index (χ2v) is 8.93. The minimum atomic E-state index is -3.03. The summed E-state index contributed by atoms with van der Waals surface area (Å²) >= 11 is 1.40. The predicted molar refractivity (Wildman–Crippen MR) is 92.4 cm³/mol. The van der Waals surface area contributed by atoms with Crippen molar-refractivity contribution in [3.63, 3.8) is 0 Å². The van der Waals surface area contributed by atoms with Crippen LogP contribution < -0.4 is 4.74 Å². The maximum absolute atomic E-state index is 12.5. The van der Waals surface area contributed by atoms with Crippen LogP contribution in [0.2, 0.25) is 0 Å². The quantitative estimate of drug-likeness (QED) is 0.831. The van der Waals surface area contributed by atoms with Gasteiger partial charge in [-0.15, -0.1) is 0 Å². The molecule has 8 heteroatoms. The van der Waals surface area contributed by atoms with Crippen molar-refractivity contribution in [2.24, 2.45) is 0 Å². The van der Waals surface area contributed by atoms with Gasteiger partial charge in [0.1, 0.15) is 15.6 Å². The number of benzene rings is 1. The molecule has 24 heavy (non-hydrogen) atoms. The smallest absolute Gasteiger partial charge is 0.278 e. The molecule has 0 saturated carbocycles. The molecule has 6 nitrogen and oxygen atoms in total. The van der Waals surface area contributed by atoms with Crippen molar-refractivity contribution in [2.45, 2.75) is 18.1 Å². The second-order valence-electron chi connectivity index (χ2n) is 5.75. The monoisotopic (exact) mass is 366 g/mol. The molecule has 2 heterocycles. The van der Waals surface area contributed by atoms with E-state index >= 15 is 0 Å². The highest BCUT2D eigenvalue weighted by atomic mass is 32.2. The first kappa shape index (κ1) is 16.9. The molecule has 0 spiro atoms. The third-order valence-corrected chi connectivity index (χ3v) is 6.38. The lowest BCUT2D eigenvalue weighted by Gasteiger charge is -2.31. The van der Waals surface area contributed by atoms with Crippen LogP contribution in [0.15, 0.2) is 35.8 Å². The Hall–Kier alpha value is -1.93. The summed E-state index contributed by atoms with van der Waals surface area (Å²) in [4.78, 5) is 18.3. The van der Waals surface area contributed by atoms with E-state index in [2.05, 4.69) is 4.98 Å². The predicted octanol–water partition coefficient (Wildman–Crippen LogP) is 2.58. The molecule has 1 amide bonds. The fourth-order valence-electron chi connectivity index (χ4n) is 2.70. The molecule has 0 unspecified atom stereocenters. The highest BCUT2D eigenvalue weighted by Gasteiger charge is 2.29. The fourth-order valence-corrected chi connectivity index (χ4v) is 4.27. The first-order chi connectivity index (χ1) is 11.4. The molecule has 1 aliphatic rings. The largest absolute Gasteiger partial charge is 0.431 e. The molecule has 0 N–H and O–H groups in total. The van der Waals surface area contributed by atoms with Crippen LogP contribution >= 0.6 is 11.3 Å². The van der Waals surface area contributed by atoms with Crippen molar-refractivity contribution in [3.05, 3.63) is 41.4 Å². The molecular weight excluding hydrogens is 348 g/mol. The summed E-state index contributed by atoms with van der Waals surface area (Å²) in [5.74, 6) is 0.542. The number of amides is 1. The third kappa shape index (κ3) is 3.93. The number of aromatic nitrogens is 1. The number of piperidine rings is 1. The molecule has 0 aliphatic carbocycles. The van der Waals surface area contributed by atoms with Gasteiger partial charge in [-0.1, -0.05) is 11.3 Å². The topological polar surface area (TPSA) is 76.6 Å². The van der Waals surface area contributed by atoms with Crippen molar-refractivity contribution in [1.29, 1.82) is 0 Å². The number of likely N-dealkylation sites (tertiary alicyclic amines) is 1. The highest BCUT2D eigenvalue weighted by Crippen LogP contribution is 2.24. The normalized spacial score (nSPS) is 16.1. The van der Waals surface area contributed by atoms with Gasteiger partial charge in [-0.05, 0) is 37.1 Å². The van der Waals surface area contributed by atoms with Crippen LogP contribution in [0.4, 0.5) is 0 Å². The third-order valence-electron chi connectivity index (χ3n) is 4.05. The Kier molecular flexibility index (Phi) is 4.86. The van der Waals surface area contributed by atoms with Gasteiger partial charge in [-0.3, -0.25) is 4.79 Å². The summed E-state index contributed by atoms with van der Waals surface area (Å²) in [6.45, 7) is 0.932. The van der Waals surface area contributed by atoms with Gasteiger partial charge in [0.25, 0.3) is 11.1 Å². The maximum Gasteiger partial charge on any atom is 0.278 e. The van der Waals surface area contributed by atoms with Crippen LogP contribution in [-0.2, 0) is 9.84 Å². The van der Waals surface area contributed by atoms with Gasteiger partial charge in [0, 0.05) is 36.5 Å². The zero-order chi connectivity index (χ0) is 17.2. The van der Waals surface area contributed by atoms with Crippen LogP contribution in [0, 0.1) is 0 Å². The maximum atomic E-state index is 12.5. The molecule has 1 aromatic heterocycles. The lowest BCUT2D eigenvalue weighted by Crippen LogP contribution is -2.42. The number of ether oxygens (including phenoxy) is 1. The van der Waals surface area contributed by atoms with Crippen LogP contribution in [0.3, 0.4) is 0 Å². The number of sulfone groups is 1. The van der Waals surface area contributed by atoms with E-state index in [1.165, 1.54) is 17.6 Å². The second kappa shape index (κ2) is 6.90. The van der Waals surface area contributed by atoms with E-state index in [-0.39, 0.29) is 11.2 Å². The summed E-state index contributed by atoms with van der Waals surface area (Å²) in [7, 11) is -3.03. The van der Waals surface area contributed by atoms with Gasteiger partial charge in [-0.2, -0.15) is 0 Å². The molecule has 0 radical (unpaired) electrons. The summed E-state index contributed by atoms with van der Waals surface area (Å²) in [5.41, 5.74) is 0.569. The first-order valence-electron chi connectivity index (χ1n) is 7.59. The molecular formula is C16H18N2O4S2. The number of hydrogen-bond donors (Lipinski definition) is 0. The highest BCUT2D eigenvalue weighted by molar-refractivity contribution is 7.91. The number of rotatable bonds is 4. The van der Waals surface area contributed by atoms with E-state index in [1.54, 1.807) is 35.4 Å². The number of thiazole rings is 1. The molecule has 2 aromatic rings. The molecule has 128 valence electrons. The van der Waals surface area contributed by atoms with Gasteiger partial charge in [0.05, 0.1) is 5.25 Å². The molecule has 3 rings (SSSR count). The lowest BCUT2D eigenvalue weighted by molar-refractivity contribution is 0.0725. The van der Waals surface area contributed by atoms with Crippen molar-refractivity contribution < 1.29 is 17.9 Å². The van der Waals surface area contributed by atoms with Gasteiger partial charge >= 0.3 is 0 Å². The Morgan fingerprint density at radius 2 is 1.92 bits per heavy atom.